The van der Waals surface area contributed by atoms with Gasteiger partial charge in [0.15, 0.2) is 5.13 Å². The number of hydrogen-bond acceptors (Lipinski definition) is 4. The summed E-state index contributed by atoms with van der Waals surface area (Å²) in [4.78, 5) is 29.6. The minimum absolute atomic E-state index is 0.147. The predicted octanol–water partition coefficient (Wildman–Crippen LogP) is 2.52. The molecule has 3 amide bonds. The third kappa shape index (κ3) is 3.65. The molecule has 1 saturated heterocycles. The van der Waals surface area contributed by atoms with Gasteiger partial charge in [-0.1, -0.05) is 6.07 Å². The summed E-state index contributed by atoms with van der Waals surface area (Å²) in [5.74, 6) is -0.547. The van der Waals surface area contributed by atoms with E-state index in [2.05, 4.69) is 15.6 Å². The number of nitrogens with one attached hydrogen (secondary N) is 2. The minimum Gasteiger partial charge on any atom is -0.333 e. The topological polar surface area (TPSA) is 74.3 Å². The molecule has 1 aliphatic rings. The number of thiazole rings is 1. The number of aromatic nitrogens is 1. The summed E-state index contributed by atoms with van der Waals surface area (Å²) in [5.41, 5.74) is 1.33. The standard InChI is InChI=1S/C15H15FN4O2S/c1-9-8-23-15(17-9)19-14(22)18-11-6-13(21)20(7-11)12-4-2-3-10(16)5-12/h2-5,8,11H,6-7H2,1H3,(H2,17,18,19,22). The molecule has 6 nitrogen and oxygen atoms in total. The Labute approximate surface area is 136 Å². The molecule has 1 unspecified atom stereocenters. The third-order valence-electron chi connectivity index (χ3n) is 3.42. The van der Waals surface area contributed by atoms with Crippen molar-refractivity contribution < 1.29 is 14.0 Å². The van der Waals surface area contributed by atoms with E-state index < -0.39 is 11.8 Å². The van der Waals surface area contributed by atoms with Crippen molar-refractivity contribution in [2.75, 3.05) is 16.8 Å². The molecule has 3 rings (SSSR count). The lowest BCUT2D eigenvalue weighted by atomic mass is 10.2. The first kappa shape index (κ1) is 15.4. The van der Waals surface area contributed by atoms with Gasteiger partial charge in [-0.15, -0.1) is 11.3 Å². The largest absolute Gasteiger partial charge is 0.333 e. The molecule has 8 heteroatoms. The molecule has 1 aromatic carbocycles. The van der Waals surface area contributed by atoms with Crippen LogP contribution in [-0.2, 0) is 4.79 Å². The summed E-state index contributed by atoms with van der Waals surface area (Å²) in [6.07, 6.45) is 0.181. The van der Waals surface area contributed by atoms with Crippen molar-refractivity contribution in [3.63, 3.8) is 0 Å². The van der Waals surface area contributed by atoms with Crippen LogP contribution in [0, 0.1) is 12.7 Å². The van der Waals surface area contributed by atoms with Crippen molar-refractivity contribution >= 4 is 34.1 Å². The SMILES string of the molecule is Cc1csc(NC(=O)NC2CC(=O)N(c3cccc(F)c3)C2)n1. The number of aryl methyl sites for hydroxylation is 1. The van der Waals surface area contributed by atoms with Crippen LogP contribution in [0.3, 0.4) is 0 Å². The highest BCUT2D eigenvalue weighted by Crippen LogP contribution is 2.22. The van der Waals surface area contributed by atoms with E-state index in [-0.39, 0.29) is 18.4 Å². The maximum Gasteiger partial charge on any atom is 0.321 e. The van der Waals surface area contributed by atoms with E-state index in [0.717, 1.165) is 5.69 Å². The van der Waals surface area contributed by atoms with E-state index in [1.54, 1.807) is 12.1 Å². The number of halogens is 1. The second-order valence-corrected chi connectivity index (χ2v) is 6.14. The molecule has 0 bridgehead atoms. The first-order valence-corrected chi connectivity index (χ1v) is 7.95. The van der Waals surface area contributed by atoms with Crippen LogP contribution in [-0.4, -0.2) is 29.5 Å². The predicted molar refractivity (Wildman–Crippen MR) is 86.2 cm³/mol. The van der Waals surface area contributed by atoms with Crippen LogP contribution < -0.4 is 15.5 Å². The second kappa shape index (κ2) is 6.33. The first-order valence-electron chi connectivity index (χ1n) is 7.07. The number of rotatable bonds is 3. The number of nitrogens with zero attached hydrogens (tertiary/aromatic N) is 2. The van der Waals surface area contributed by atoms with Gasteiger partial charge in [-0.25, -0.2) is 14.2 Å². The molecule has 2 heterocycles. The summed E-state index contributed by atoms with van der Waals surface area (Å²) >= 11 is 1.33. The molecule has 2 aromatic rings. The van der Waals surface area contributed by atoms with Crippen molar-refractivity contribution in [3.8, 4) is 0 Å². The summed E-state index contributed by atoms with van der Waals surface area (Å²) in [5, 5.41) is 7.72. The molecule has 1 atom stereocenters. The van der Waals surface area contributed by atoms with Gasteiger partial charge in [0.05, 0.1) is 11.7 Å². The zero-order chi connectivity index (χ0) is 16.4. The average molecular weight is 334 g/mol. The van der Waals surface area contributed by atoms with Crippen molar-refractivity contribution in [2.45, 2.75) is 19.4 Å². The van der Waals surface area contributed by atoms with Gasteiger partial charge >= 0.3 is 6.03 Å². The Bertz CT molecular complexity index is 749. The zero-order valence-electron chi connectivity index (χ0n) is 12.4. The van der Waals surface area contributed by atoms with Crippen LogP contribution in [0.1, 0.15) is 12.1 Å². The average Bonchev–Trinajstić information content (AvgIpc) is 3.04. The lowest BCUT2D eigenvalue weighted by molar-refractivity contribution is -0.117. The van der Waals surface area contributed by atoms with E-state index in [1.807, 2.05) is 12.3 Å². The molecule has 1 aromatic heterocycles. The Kier molecular flexibility index (Phi) is 4.24. The number of hydrogen-bond donors (Lipinski definition) is 2. The molecule has 1 fully saturated rings. The van der Waals surface area contributed by atoms with Crippen molar-refractivity contribution in [1.29, 1.82) is 0 Å². The van der Waals surface area contributed by atoms with Gasteiger partial charge in [-0.05, 0) is 25.1 Å². The van der Waals surface area contributed by atoms with Gasteiger partial charge in [0, 0.05) is 24.0 Å². The highest BCUT2D eigenvalue weighted by Gasteiger charge is 2.31. The summed E-state index contributed by atoms with van der Waals surface area (Å²) in [6, 6.07) is 5.12. The van der Waals surface area contributed by atoms with Gasteiger partial charge in [0.2, 0.25) is 5.91 Å². The Morgan fingerprint density at radius 2 is 2.30 bits per heavy atom. The Hall–Kier alpha value is -2.48. The lowest BCUT2D eigenvalue weighted by Gasteiger charge is -2.17. The fourth-order valence-electron chi connectivity index (χ4n) is 2.43. The number of anilines is 2. The van der Waals surface area contributed by atoms with E-state index in [9.17, 15) is 14.0 Å². The van der Waals surface area contributed by atoms with Crippen molar-refractivity contribution in [2.24, 2.45) is 0 Å². The van der Waals surface area contributed by atoms with Gasteiger partial charge in [-0.2, -0.15) is 0 Å². The molecule has 0 aliphatic carbocycles. The van der Waals surface area contributed by atoms with Crippen LogP contribution >= 0.6 is 11.3 Å². The van der Waals surface area contributed by atoms with E-state index in [4.69, 9.17) is 0 Å². The van der Waals surface area contributed by atoms with E-state index in [1.165, 1.54) is 28.4 Å². The molecular weight excluding hydrogens is 319 g/mol. The van der Waals surface area contributed by atoms with Crippen LogP contribution in [0.5, 0.6) is 0 Å². The zero-order valence-corrected chi connectivity index (χ0v) is 13.2. The number of carbonyl (C=O) groups excluding carboxylic acids is 2. The molecule has 120 valence electrons. The molecular formula is C15H15FN4O2S. The maximum absolute atomic E-state index is 13.3. The van der Waals surface area contributed by atoms with Crippen LogP contribution in [0.4, 0.5) is 20.0 Å². The Morgan fingerprint density at radius 3 is 3.00 bits per heavy atom. The van der Waals surface area contributed by atoms with Gasteiger partial charge in [0.25, 0.3) is 0 Å². The summed E-state index contributed by atoms with van der Waals surface area (Å²) in [7, 11) is 0. The monoisotopic (exact) mass is 334 g/mol. The summed E-state index contributed by atoms with van der Waals surface area (Å²) < 4.78 is 13.3. The quantitative estimate of drug-likeness (QED) is 0.906. The maximum atomic E-state index is 13.3. The molecule has 2 N–H and O–H groups in total. The van der Waals surface area contributed by atoms with Crippen molar-refractivity contribution in [1.82, 2.24) is 10.3 Å². The fraction of sp³-hybridized carbons (Fsp3) is 0.267. The van der Waals surface area contributed by atoms with Gasteiger partial charge in [-0.3, -0.25) is 10.1 Å². The molecule has 0 saturated carbocycles. The number of benzene rings is 1. The molecule has 0 spiro atoms. The lowest BCUT2D eigenvalue weighted by Crippen LogP contribution is -2.39. The van der Waals surface area contributed by atoms with Crippen LogP contribution in [0.15, 0.2) is 29.6 Å². The van der Waals surface area contributed by atoms with E-state index >= 15 is 0 Å². The van der Waals surface area contributed by atoms with Crippen LogP contribution in [0.2, 0.25) is 0 Å². The highest BCUT2D eigenvalue weighted by molar-refractivity contribution is 7.13. The fourth-order valence-corrected chi connectivity index (χ4v) is 3.11. The molecule has 0 radical (unpaired) electrons. The summed E-state index contributed by atoms with van der Waals surface area (Å²) in [6.45, 7) is 2.15. The van der Waals surface area contributed by atoms with Crippen LogP contribution in [0.25, 0.3) is 0 Å². The Balaban J connectivity index is 1.60. The number of carbonyl (C=O) groups is 2. The normalized spacial score (nSPS) is 17.4. The molecule has 1 aliphatic heterocycles. The Morgan fingerprint density at radius 1 is 1.48 bits per heavy atom. The van der Waals surface area contributed by atoms with Crippen molar-refractivity contribution in [3.05, 3.63) is 41.2 Å². The van der Waals surface area contributed by atoms with Gasteiger partial charge < -0.3 is 10.2 Å². The smallest absolute Gasteiger partial charge is 0.321 e. The second-order valence-electron chi connectivity index (χ2n) is 5.28. The molecule has 23 heavy (non-hydrogen) atoms. The number of urea groups is 1. The highest BCUT2D eigenvalue weighted by atomic mass is 32.1. The first-order chi connectivity index (χ1) is 11.0. The third-order valence-corrected chi connectivity index (χ3v) is 4.30. The number of amides is 3. The van der Waals surface area contributed by atoms with Gasteiger partial charge in [0.1, 0.15) is 5.82 Å². The minimum atomic E-state index is -0.404. The van der Waals surface area contributed by atoms with E-state index in [0.29, 0.717) is 17.4 Å².